The van der Waals surface area contributed by atoms with Crippen LogP contribution < -0.4 is 10.6 Å². The minimum atomic E-state index is -0.0964. The number of aliphatic hydroxyl groups is 1. The average molecular weight is 266 g/mol. The highest BCUT2D eigenvalue weighted by molar-refractivity contribution is 7.99. The molecule has 0 aliphatic carbocycles. The Balaban J connectivity index is 1.89. The monoisotopic (exact) mass is 266 g/mol. The maximum atomic E-state index is 12.0. The van der Waals surface area contributed by atoms with Crippen LogP contribution in [0.15, 0.2) is 24.3 Å². The zero-order valence-corrected chi connectivity index (χ0v) is 11.0. The summed E-state index contributed by atoms with van der Waals surface area (Å²) in [5, 5.41) is 14.9. The van der Waals surface area contributed by atoms with Gasteiger partial charge in [0, 0.05) is 30.3 Å². The number of thioether (sulfide) groups is 1. The van der Waals surface area contributed by atoms with E-state index in [4.69, 9.17) is 5.11 Å². The van der Waals surface area contributed by atoms with Gasteiger partial charge in [0.2, 0.25) is 5.91 Å². The molecule has 1 saturated heterocycles. The summed E-state index contributed by atoms with van der Waals surface area (Å²) in [6.45, 7) is 1.03. The minimum Gasteiger partial charge on any atom is -0.396 e. The van der Waals surface area contributed by atoms with Crippen LogP contribution in [0.4, 0.5) is 5.69 Å². The fourth-order valence-electron chi connectivity index (χ4n) is 1.85. The van der Waals surface area contributed by atoms with Crippen molar-refractivity contribution in [3.8, 4) is 0 Å². The standard InChI is InChI=1S/C13H18N2O2S/c16-7-5-10-1-3-11(4-2-10)15-13(17)12-9-18-8-6-14-12/h1-4,12,14,16H,5-9H2,(H,15,17). The molecule has 1 unspecified atom stereocenters. The van der Waals surface area contributed by atoms with E-state index < -0.39 is 0 Å². The highest BCUT2D eigenvalue weighted by atomic mass is 32.2. The highest BCUT2D eigenvalue weighted by Crippen LogP contribution is 2.13. The summed E-state index contributed by atoms with van der Waals surface area (Å²) < 4.78 is 0. The van der Waals surface area contributed by atoms with Crippen LogP contribution in [0.2, 0.25) is 0 Å². The number of anilines is 1. The van der Waals surface area contributed by atoms with Crippen molar-refractivity contribution in [3.63, 3.8) is 0 Å². The topological polar surface area (TPSA) is 61.4 Å². The Kier molecular flexibility index (Phi) is 5.04. The largest absolute Gasteiger partial charge is 0.396 e. The first kappa shape index (κ1) is 13.4. The van der Waals surface area contributed by atoms with Crippen molar-refractivity contribution in [1.29, 1.82) is 0 Å². The fraction of sp³-hybridized carbons (Fsp3) is 0.462. The number of carbonyl (C=O) groups excluding carboxylic acids is 1. The van der Waals surface area contributed by atoms with E-state index in [9.17, 15) is 4.79 Å². The van der Waals surface area contributed by atoms with Crippen LogP contribution in [0, 0.1) is 0 Å². The van der Waals surface area contributed by atoms with Crippen molar-refractivity contribution in [3.05, 3.63) is 29.8 Å². The number of amides is 1. The molecule has 1 amide bonds. The molecule has 0 aromatic heterocycles. The summed E-state index contributed by atoms with van der Waals surface area (Å²) in [7, 11) is 0. The second kappa shape index (κ2) is 6.78. The van der Waals surface area contributed by atoms with Gasteiger partial charge in [0.05, 0.1) is 6.04 Å². The zero-order chi connectivity index (χ0) is 12.8. The number of hydrogen-bond donors (Lipinski definition) is 3. The quantitative estimate of drug-likeness (QED) is 0.756. The maximum Gasteiger partial charge on any atom is 0.242 e. The molecule has 2 rings (SSSR count). The van der Waals surface area contributed by atoms with Gasteiger partial charge in [-0.2, -0.15) is 11.8 Å². The molecular weight excluding hydrogens is 248 g/mol. The van der Waals surface area contributed by atoms with Gasteiger partial charge in [-0.3, -0.25) is 4.79 Å². The lowest BCUT2D eigenvalue weighted by atomic mass is 10.1. The van der Waals surface area contributed by atoms with Crippen LogP contribution in [0.25, 0.3) is 0 Å². The molecule has 0 radical (unpaired) electrons. The molecule has 4 nitrogen and oxygen atoms in total. The predicted octanol–water partition coefficient (Wildman–Crippen LogP) is 0.865. The zero-order valence-electron chi connectivity index (χ0n) is 10.2. The van der Waals surface area contributed by atoms with Crippen LogP contribution in [0.3, 0.4) is 0 Å². The predicted molar refractivity (Wildman–Crippen MR) is 75.0 cm³/mol. The molecule has 1 aromatic rings. The lowest BCUT2D eigenvalue weighted by Gasteiger charge is -2.22. The first-order valence-corrected chi connectivity index (χ1v) is 7.27. The van der Waals surface area contributed by atoms with E-state index in [-0.39, 0.29) is 18.6 Å². The van der Waals surface area contributed by atoms with Gasteiger partial charge < -0.3 is 15.7 Å². The van der Waals surface area contributed by atoms with Crippen molar-refractivity contribution in [2.24, 2.45) is 0 Å². The molecule has 0 spiro atoms. The summed E-state index contributed by atoms with van der Waals surface area (Å²) >= 11 is 1.80. The van der Waals surface area contributed by atoms with E-state index in [1.165, 1.54) is 0 Å². The summed E-state index contributed by atoms with van der Waals surface area (Å²) in [5.41, 5.74) is 1.88. The molecule has 18 heavy (non-hydrogen) atoms. The van der Waals surface area contributed by atoms with E-state index in [1.54, 1.807) is 11.8 Å². The Morgan fingerprint density at radius 3 is 2.83 bits per heavy atom. The molecule has 3 N–H and O–H groups in total. The maximum absolute atomic E-state index is 12.0. The fourth-order valence-corrected chi connectivity index (χ4v) is 2.78. The summed E-state index contributed by atoms with van der Waals surface area (Å²) in [6.07, 6.45) is 0.648. The van der Waals surface area contributed by atoms with Gasteiger partial charge in [-0.25, -0.2) is 0 Å². The molecule has 1 aromatic carbocycles. The Bertz CT molecular complexity index is 388. The number of carbonyl (C=O) groups is 1. The number of benzene rings is 1. The molecule has 5 heteroatoms. The van der Waals surface area contributed by atoms with Crippen molar-refractivity contribution < 1.29 is 9.90 Å². The summed E-state index contributed by atoms with van der Waals surface area (Å²) in [5.74, 6) is 1.92. The molecule has 1 aliphatic rings. The van der Waals surface area contributed by atoms with Crippen LogP contribution in [-0.2, 0) is 11.2 Å². The first-order valence-electron chi connectivity index (χ1n) is 6.11. The Hall–Kier alpha value is -1.04. The van der Waals surface area contributed by atoms with Gasteiger partial charge in [-0.1, -0.05) is 12.1 Å². The Labute approximate surface area is 111 Å². The summed E-state index contributed by atoms with van der Waals surface area (Å²) in [6, 6.07) is 7.50. The second-order valence-electron chi connectivity index (χ2n) is 4.24. The lowest BCUT2D eigenvalue weighted by molar-refractivity contribution is -0.117. The van der Waals surface area contributed by atoms with Gasteiger partial charge >= 0.3 is 0 Å². The van der Waals surface area contributed by atoms with E-state index >= 15 is 0 Å². The van der Waals surface area contributed by atoms with Gasteiger partial charge in [0.15, 0.2) is 0 Å². The minimum absolute atomic E-state index is 0.0251. The van der Waals surface area contributed by atoms with Gasteiger partial charge in [-0.15, -0.1) is 0 Å². The molecule has 1 aliphatic heterocycles. The molecule has 98 valence electrons. The van der Waals surface area contributed by atoms with E-state index in [2.05, 4.69) is 10.6 Å². The first-order chi connectivity index (χ1) is 8.79. The van der Waals surface area contributed by atoms with Crippen molar-refractivity contribution in [2.75, 3.05) is 30.0 Å². The van der Waals surface area contributed by atoms with Gasteiger partial charge in [0.25, 0.3) is 0 Å². The van der Waals surface area contributed by atoms with Crippen LogP contribution in [0.1, 0.15) is 5.56 Å². The Morgan fingerprint density at radius 2 is 2.22 bits per heavy atom. The third-order valence-electron chi connectivity index (χ3n) is 2.86. The molecule has 1 fully saturated rings. The summed E-state index contributed by atoms with van der Waals surface area (Å²) in [4.78, 5) is 12.0. The van der Waals surface area contributed by atoms with Crippen molar-refractivity contribution >= 4 is 23.4 Å². The van der Waals surface area contributed by atoms with Crippen molar-refractivity contribution in [1.82, 2.24) is 5.32 Å². The smallest absolute Gasteiger partial charge is 0.242 e. The molecule has 0 saturated carbocycles. The molecule has 1 heterocycles. The van der Waals surface area contributed by atoms with Crippen LogP contribution >= 0.6 is 11.8 Å². The Morgan fingerprint density at radius 1 is 1.44 bits per heavy atom. The van der Waals surface area contributed by atoms with E-state index in [0.29, 0.717) is 6.42 Å². The third kappa shape index (κ3) is 3.73. The van der Waals surface area contributed by atoms with Crippen molar-refractivity contribution in [2.45, 2.75) is 12.5 Å². The SMILES string of the molecule is O=C(Nc1ccc(CCO)cc1)C1CSCCN1. The number of rotatable bonds is 4. The van der Waals surface area contributed by atoms with Gasteiger partial charge in [0.1, 0.15) is 0 Å². The van der Waals surface area contributed by atoms with Gasteiger partial charge in [-0.05, 0) is 24.1 Å². The molecule has 1 atom stereocenters. The van der Waals surface area contributed by atoms with E-state index in [1.807, 2.05) is 24.3 Å². The second-order valence-corrected chi connectivity index (χ2v) is 5.39. The number of hydrogen-bond acceptors (Lipinski definition) is 4. The highest BCUT2D eigenvalue weighted by Gasteiger charge is 2.20. The van der Waals surface area contributed by atoms with Crippen LogP contribution in [0.5, 0.6) is 0 Å². The van der Waals surface area contributed by atoms with E-state index in [0.717, 1.165) is 29.3 Å². The lowest BCUT2D eigenvalue weighted by Crippen LogP contribution is -2.46. The molecular formula is C13H18N2O2S. The molecule has 0 bridgehead atoms. The van der Waals surface area contributed by atoms with Crippen LogP contribution in [-0.4, -0.2) is 41.7 Å². The number of aliphatic hydroxyl groups excluding tert-OH is 1. The normalized spacial score (nSPS) is 19.5. The third-order valence-corrected chi connectivity index (χ3v) is 3.92. The average Bonchev–Trinajstić information content (AvgIpc) is 2.42. The number of nitrogens with one attached hydrogen (secondary N) is 2.